The topological polar surface area (TPSA) is 123 Å². The van der Waals surface area contributed by atoms with E-state index in [1.54, 1.807) is 79.7 Å². The van der Waals surface area contributed by atoms with Crippen LogP contribution in [0.1, 0.15) is 45.2 Å². The number of anilines is 1. The quantitative estimate of drug-likeness (QED) is 0.0643. The molecular weight excluding hydrogens is 605 g/mol. The molecule has 222 valence electrons. The van der Waals surface area contributed by atoms with E-state index in [9.17, 15) is 19.2 Å². The highest BCUT2D eigenvalue weighted by Gasteiger charge is 2.15. The highest BCUT2D eigenvalue weighted by molar-refractivity contribution is 6.36. The Hall–Kier alpha value is -5.25. The number of rotatable bonds is 10. The molecule has 0 heterocycles. The van der Waals surface area contributed by atoms with E-state index in [1.807, 2.05) is 0 Å². The zero-order chi connectivity index (χ0) is 31.5. The standard InChI is InChI=1S/C33H25Cl2N3O6/c1-2-30(39)37-25-15-11-22(12-16-25)32(41)38-36-20-23-8-4-6-10-29(23)43-31(40)18-13-21-7-3-5-9-28(21)44-33(42)26-17-14-24(34)19-27(26)35/h3-20H,2H2,1H3,(H,37,39)(H,38,41)/b18-13+,36-20+. The first-order valence-electron chi connectivity index (χ1n) is 13.2. The van der Waals surface area contributed by atoms with Crippen molar-refractivity contribution in [2.24, 2.45) is 5.10 Å². The molecule has 0 fully saturated rings. The number of nitrogens with zero attached hydrogens (tertiary/aromatic N) is 1. The Balaban J connectivity index is 1.38. The fraction of sp³-hybridized carbons (Fsp3) is 0.0606. The first kappa shape index (κ1) is 31.7. The first-order chi connectivity index (χ1) is 21.2. The number of hydrogen-bond donors (Lipinski definition) is 2. The van der Waals surface area contributed by atoms with E-state index >= 15 is 0 Å². The highest BCUT2D eigenvalue weighted by Crippen LogP contribution is 2.25. The maximum absolute atomic E-state index is 12.7. The van der Waals surface area contributed by atoms with Gasteiger partial charge in [-0.25, -0.2) is 15.0 Å². The number of esters is 2. The number of benzene rings is 4. The number of amides is 2. The average Bonchev–Trinajstić information content (AvgIpc) is 3.01. The molecule has 0 spiro atoms. The van der Waals surface area contributed by atoms with E-state index in [0.717, 1.165) is 0 Å². The van der Waals surface area contributed by atoms with Crippen molar-refractivity contribution in [3.8, 4) is 11.5 Å². The fourth-order valence-electron chi connectivity index (χ4n) is 3.68. The van der Waals surface area contributed by atoms with Crippen LogP contribution < -0.4 is 20.2 Å². The SMILES string of the molecule is CCC(=O)Nc1ccc(C(=O)N/N=C/c2ccccc2OC(=O)/C=C/c2ccccc2OC(=O)c2ccc(Cl)cc2Cl)cc1. The van der Waals surface area contributed by atoms with Gasteiger partial charge >= 0.3 is 11.9 Å². The second-order valence-electron chi connectivity index (χ2n) is 9.02. The lowest BCUT2D eigenvalue weighted by atomic mass is 10.2. The molecule has 2 amide bonds. The maximum atomic E-state index is 12.7. The first-order valence-corrected chi connectivity index (χ1v) is 14.0. The molecule has 0 bridgehead atoms. The normalized spacial score (nSPS) is 10.9. The fourth-order valence-corrected chi connectivity index (χ4v) is 4.17. The van der Waals surface area contributed by atoms with E-state index in [-0.39, 0.29) is 28.0 Å². The summed E-state index contributed by atoms with van der Waals surface area (Å²) in [6.45, 7) is 1.74. The van der Waals surface area contributed by atoms with Gasteiger partial charge in [0.15, 0.2) is 0 Å². The van der Waals surface area contributed by atoms with Crippen LogP contribution in [0.2, 0.25) is 10.0 Å². The highest BCUT2D eigenvalue weighted by atomic mass is 35.5. The van der Waals surface area contributed by atoms with Crippen LogP contribution in [0.4, 0.5) is 5.69 Å². The Morgan fingerprint density at radius 2 is 1.48 bits per heavy atom. The van der Waals surface area contributed by atoms with Crippen LogP contribution in [-0.4, -0.2) is 30.0 Å². The Kier molecular flexibility index (Phi) is 11.0. The van der Waals surface area contributed by atoms with Gasteiger partial charge in [0.05, 0.1) is 16.8 Å². The number of carbonyl (C=O) groups excluding carboxylic acids is 4. The number of ether oxygens (including phenoxy) is 2. The van der Waals surface area contributed by atoms with E-state index in [0.29, 0.717) is 33.8 Å². The van der Waals surface area contributed by atoms with Crippen LogP contribution in [-0.2, 0) is 9.59 Å². The summed E-state index contributed by atoms with van der Waals surface area (Å²) in [6.07, 6.45) is 4.32. The predicted octanol–water partition coefficient (Wildman–Crippen LogP) is 6.94. The summed E-state index contributed by atoms with van der Waals surface area (Å²) in [5, 5.41) is 7.21. The van der Waals surface area contributed by atoms with Gasteiger partial charge in [0.25, 0.3) is 5.91 Å². The number of halogens is 2. The van der Waals surface area contributed by atoms with Crippen molar-refractivity contribution in [2.45, 2.75) is 13.3 Å². The van der Waals surface area contributed by atoms with Crippen LogP contribution in [0, 0.1) is 0 Å². The molecule has 9 nitrogen and oxygen atoms in total. The van der Waals surface area contributed by atoms with E-state index < -0.39 is 17.8 Å². The third-order valence-electron chi connectivity index (χ3n) is 5.92. The zero-order valence-corrected chi connectivity index (χ0v) is 24.8. The summed E-state index contributed by atoms with van der Waals surface area (Å²) >= 11 is 12.0. The zero-order valence-electron chi connectivity index (χ0n) is 23.3. The van der Waals surface area contributed by atoms with Gasteiger partial charge in [0.2, 0.25) is 5.91 Å². The number of para-hydroxylation sites is 2. The van der Waals surface area contributed by atoms with Gasteiger partial charge < -0.3 is 14.8 Å². The molecule has 2 N–H and O–H groups in total. The second-order valence-corrected chi connectivity index (χ2v) is 9.87. The maximum Gasteiger partial charge on any atom is 0.345 e. The average molecular weight is 630 g/mol. The summed E-state index contributed by atoms with van der Waals surface area (Å²) in [6, 6.07) is 24.0. The number of hydrazone groups is 1. The molecular formula is C33H25Cl2N3O6. The summed E-state index contributed by atoms with van der Waals surface area (Å²) in [5.74, 6) is -1.58. The van der Waals surface area contributed by atoms with Crippen LogP contribution in [0.5, 0.6) is 11.5 Å². The Bertz CT molecular complexity index is 1750. The summed E-state index contributed by atoms with van der Waals surface area (Å²) in [4.78, 5) is 49.3. The van der Waals surface area contributed by atoms with Crippen LogP contribution >= 0.6 is 23.2 Å². The third-order valence-corrected chi connectivity index (χ3v) is 6.47. The van der Waals surface area contributed by atoms with Gasteiger partial charge in [-0.2, -0.15) is 5.10 Å². The van der Waals surface area contributed by atoms with E-state index in [4.69, 9.17) is 32.7 Å². The Morgan fingerprint density at radius 3 is 2.16 bits per heavy atom. The van der Waals surface area contributed by atoms with E-state index in [1.165, 1.54) is 36.6 Å². The predicted molar refractivity (Wildman–Crippen MR) is 169 cm³/mol. The molecule has 0 aliphatic carbocycles. The molecule has 11 heteroatoms. The molecule has 0 radical (unpaired) electrons. The summed E-state index contributed by atoms with van der Waals surface area (Å²) < 4.78 is 11.0. The van der Waals surface area contributed by atoms with Gasteiger partial charge in [-0.3, -0.25) is 9.59 Å². The smallest absolute Gasteiger partial charge is 0.345 e. The number of carbonyl (C=O) groups is 4. The molecule has 0 saturated heterocycles. The molecule has 0 aliphatic heterocycles. The minimum atomic E-state index is -0.702. The minimum Gasteiger partial charge on any atom is -0.423 e. The molecule has 4 aromatic carbocycles. The molecule has 0 saturated carbocycles. The third kappa shape index (κ3) is 8.87. The lowest BCUT2D eigenvalue weighted by Gasteiger charge is -2.09. The minimum absolute atomic E-state index is 0.132. The number of hydrogen-bond acceptors (Lipinski definition) is 7. The molecule has 44 heavy (non-hydrogen) atoms. The van der Waals surface area contributed by atoms with Crippen molar-refractivity contribution >= 4 is 64.9 Å². The lowest BCUT2D eigenvalue weighted by molar-refractivity contribution is -0.128. The molecule has 0 aliphatic rings. The summed E-state index contributed by atoms with van der Waals surface area (Å²) in [7, 11) is 0. The van der Waals surface area contributed by atoms with Gasteiger partial charge in [-0.05, 0) is 66.7 Å². The van der Waals surface area contributed by atoms with Gasteiger partial charge in [0.1, 0.15) is 11.5 Å². The van der Waals surface area contributed by atoms with Crippen molar-refractivity contribution in [3.63, 3.8) is 0 Å². The van der Waals surface area contributed by atoms with Gasteiger partial charge in [0, 0.05) is 39.9 Å². The Morgan fingerprint density at radius 1 is 0.818 bits per heavy atom. The lowest BCUT2D eigenvalue weighted by Crippen LogP contribution is -2.18. The van der Waals surface area contributed by atoms with Crippen LogP contribution in [0.3, 0.4) is 0 Å². The number of nitrogens with one attached hydrogen (secondary N) is 2. The van der Waals surface area contributed by atoms with Crippen LogP contribution in [0.25, 0.3) is 6.08 Å². The van der Waals surface area contributed by atoms with Gasteiger partial charge in [-0.15, -0.1) is 0 Å². The molecule has 0 atom stereocenters. The molecule has 4 rings (SSSR count). The molecule has 0 unspecified atom stereocenters. The largest absolute Gasteiger partial charge is 0.423 e. The molecule has 0 aromatic heterocycles. The molecule has 4 aromatic rings. The van der Waals surface area contributed by atoms with Crippen molar-refractivity contribution in [2.75, 3.05) is 5.32 Å². The Labute approximate surface area is 263 Å². The second kappa shape index (κ2) is 15.3. The van der Waals surface area contributed by atoms with Crippen molar-refractivity contribution in [1.82, 2.24) is 5.43 Å². The van der Waals surface area contributed by atoms with Crippen molar-refractivity contribution in [3.05, 3.63) is 129 Å². The van der Waals surface area contributed by atoms with Crippen molar-refractivity contribution in [1.29, 1.82) is 0 Å². The van der Waals surface area contributed by atoms with Crippen LogP contribution in [0.15, 0.2) is 102 Å². The van der Waals surface area contributed by atoms with E-state index in [2.05, 4.69) is 15.8 Å². The van der Waals surface area contributed by atoms with Crippen molar-refractivity contribution < 1.29 is 28.7 Å². The monoisotopic (exact) mass is 629 g/mol. The van der Waals surface area contributed by atoms with Gasteiger partial charge in [-0.1, -0.05) is 60.5 Å². The summed E-state index contributed by atoms with van der Waals surface area (Å²) in [5.41, 5.74) is 4.35.